The Labute approximate surface area is 130 Å². The van der Waals surface area contributed by atoms with Gasteiger partial charge in [0.25, 0.3) is 0 Å². The molecule has 0 aliphatic rings. The second-order valence-electron chi connectivity index (χ2n) is 4.62. The van der Waals surface area contributed by atoms with Crippen LogP contribution in [0.15, 0.2) is 47.1 Å². The fraction of sp³-hybridized carbons (Fsp3) is 0.133. The average molecular weight is 351 g/mol. The lowest BCUT2D eigenvalue weighted by atomic mass is 10.1. The van der Waals surface area contributed by atoms with Crippen LogP contribution in [0.3, 0.4) is 0 Å². The first-order chi connectivity index (χ1) is 9.63. The number of aromatic nitrogens is 2. The van der Waals surface area contributed by atoms with Gasteiger partial charge in [0.2, 0.25) is 0 Å². The van der Waals surface area contributed by atoms with Gasteiger partial charge in [-0.15, -0.1) is 0 Å². The van der Waals surface area contributed by atoms with Gasteiger partial charge in [-0.25, -0.2) is 4.98 Å². The zero-order chi connectivity index (χ0) is 14.1. The minimum Gasteiger partial charge on any atom is -0.378 e. The third-order valence-corrected chi connectivity index (χ3v) is 4.12. The van der Waals surface area contributed by atoms with Crippen LogP contribution in [0.4, 0.5) is 5.69 Å². The molecule has 0 spiro atoms. The molecule has 0 radical (unpaired) electrons. The summed E-state index contributed by atoms with van der Waals surface area (Å²) in [6.07, 6.45) is 1.66. The maximum Gasteiger partial charge on any atom is 0.128 e. The van der Waals surface area contributed by atoms with Crippen molar-refractivity contribution in [1.82, 2.24) is 9.55 Å². The van der Waals surface area contributed by atoms with Crippen LogP contribution in [0.5, 0.6) is 0 Å². The molecule has 3 nitrogen and oxygen atoms in total. The van der Waals surface area contributed by atoms with Crippen molar-refractivity contribution in [3.8, 4) is 0 Å². The summed E-state index contributed by atoms with van der Waals surface area (Å²) in [7, 11) is 1.91. The molecule has 0 atom stereocenters. The number of halogens is 2. The molecule has 0 aliphatic heterocycles. The molecule has 2 aromatic carbocycles. The first-order valence-corrected chi connectivity index (χ1v) is 7.40. The molecule has 5 heteroatoms. The van der Waals surface area contributed by atoms with E-state index in [9.17, 15) is 0 Å². The average Bonchev–Trinajstić information content (AvgIpc) is 2.76. The number of nitrogens with zero attached hydrogens (tertiary/aromatic N) is 2. The molecule has 0 bridgehead atoms. The number of imidazole rings is 1. The van der Waals surface area contributed by atoms with E-state index in [-0.39, 0.29) is 0 Å². The molecule has 0 fully saturated rings. The fourth-order valence-corrected chi connectivity index (χ4v) is 2.62. The molecule has 102 valence electrons. The maximum absolute atomic E-state index is 5.97. The van der Waals surface area contributed by atoms with Crippen LogP contribution in [-0.4, -0.2) is 9.55 Å². The van der Waals surface area contributed by atoms with E-state index in [0.717, 1.165) is 16.0 Å². The minimum atomic E-state index is 0.644. The first-order valence-electron chi connectivity index (χ1n) is 6.23. The third-order valence-electron chi connectivity index (χ3n) is 3.28. The summed E-state index contributed by atoms with van der Waals surface area (Å²) in [6, 6.07) is 12.6. The van der Waals surface area contributed by atoms with E-state index in [1.807, 2.05) is 17.7 Å². The molecule has 20 heavy (non-hydrogen) atoms. The molecule has 0 amide bonds. The highest BCUT2D eigenvalue weighted by atomic mass is 79.9. The van der Waals surface area contributed by atoms with Crippen molar-refractivity contribution in [2.24, 2.45) is 7.05 Å². The SMILES string of the molecule is Cn1c(Cl)cnc1CNc1ccc2cc(Br)ccc2c1. The molecule has 1 heterocycles. The van der Waals surface area contributed by atoms with Crippen molar-refractivity contribution in [2.75, 3.05) is 5.32 Å². The van der Waals surface area contributed by atoms with Crippen LogP contribution < -0.4 is 5.32 Å². The standard InChI is InChI=1S/C15H13BrClN3/c1-20-14(17)8-19-15(20)9-18-13-5-3-10-6-12(16)4-2-11(10)7-13/h2-8,18H,9H2,1H3. The van der Waals surface area contributed by atoms with E-state index in [1.54, 1.807) is 6.20 Å². The van der Waals surface area contributed by atoms with Gasteiger partial charge in [-0.3, -0.25) is 0 Å². The lowest BCUT2D eigenvalue weighted by molar-refractivity contribution is 0.813. The third kappa shape index (κ3) is 2.67. The zero-order valence-corrected chi connectivity index (χ0v) is 13.2. The van der Waals surface area contributed by atoms with Gasteiger partial charge < -0.3 is 9.88 Å². The van der Waals surface area contributed by atoms with E-state index in [4.69, 9.17) is 11.6 Å². The van der Waals surface area contributed by atoms with Crippen molar-refractivity contribution >= 4 is 44.0 Å². The molecule has 0 aliphatic carbocycles. The van der Waals surface area contributed by atoms with E-state index >= 15 is 0 Å². The van der Waals surface area contributed by atoms with Gasteiger partial charge in [-0.2, -0.15) is 0 Å². The van der Waals surface area contributed by atoms with Gasteiger partial charge in [0, 0.05) is 17.2 Å². The molecule has 0 saturated carbocycles. The second-order valence-corrected chi connectivity index (χ2v) is 5.92. The van der Waals surface area contributed by atoms with Crippen LogP contribution >= 0.6 is 27.5 Å². The van der Waals surface area contributed by atoms with Gasteiger partial charge in [-0.05, 0) is 35.0 Å². The summed E-state index contributed by atoms with van der Waals surface area (Å²) in [6.45, 7) is 0.644. The number of hydrogen-bond acceptors (Lipinski definition) is 2. The molecule has 3 aromatic rings. The number of benzene rings is 2. The molecular formula is C15H13BrClN3. The summed E-state index contributed by atoms with van der Waals surface area (Å²) >= 11 is 9.46. The van der Waals surface area contributed by atoms with Crippen molar-refractivity contribution in [1.29, 1.82) is 0 Å². The van der Waals surface area contributed by atoms with E-state index < -0.39 is 0 Å². The van der Waals surface area contributed by atoms with Gasteiger partial charge in [-0.1, -0.05) is 39.7 Å². The van der Waals surface area contributed by atoms with Crippen LogP contribution in [0.2, 0.25) is 5.15 Å². The molecule has 0 unspecified atom stereocenters. The molecule has 1 aromatic heterocycles. The smallest absolute Gasteiger partial charge is 0.128 e. The van der Waals surface area contributed by atoms with Crippen LogP contribution in [0, 0.1) is 0 Å². The van der Waals surface area contributed by atoms with Crippen molar-refractivity contribution in [3.05, 3.63) is 58.0 Å². The van der Waals surface area contributed by atoms with Gasteiger partial charge in [0.1, 0.15) is 11.0 Å². The predicted octanol–water partition coefficient (Wildman–Crippen LogP) is 4.60. The molecule has 1 N–H and O–H groups in total. The number of rotatable bonds is 3. The van der Waals surface area contributed by atoms with Crippen molar-refractivity contribution in [2.45, 2.75) is 6.54 Å². The number of nitrogens with one attached hydrogen (secondary N) is 1. The highest BCUT2D eigenvalue weighted by Gasteiger charge is 2.04. The Hall–Kier alpha value is -1.52. The van der Waals surface area contributed by atoms with E-state index in [1.165, 1.54) is 10.8 Å². The lowest BCUT2D eigenvalue weighted by Gasteiger charge is -2.08. The highest BCUT2D eigenvalue weighted by molar-refractivity contribution is 9.10. The quantitative estimate of drug-likeness (QED) is 0.748. The minimum absolute atomic E-state index is 0.644. The molecule has 0 saturated heterocycles. The Morgan fingerprint density at radius 1 is 1.20 bits per heavy atom. The van der Waals surface area contributed by atoms with Crippen LogP contribution in [0.1, 0.15) is 5.82 Å². The highest BCUT2D eigenvalue weighted by Crippen LogP contribution is 2.23. The second kappa shape index (κ2) is 5.46. The number of fused-ring (bicyclic) bond motifs is 1. The van der Waals surface area contributed by atoms with E-state index in [0.29, 0.717) is 11.7 Å². The van der Waals surface area contributed by atoms with Crippen molar-refractivity contribution < 1.29 is 0 Å². The van der Waals surface area contributed by atoms with Crippen LogP contribution in [0.25, 0.3) is 10.8 Å². The summed E-state index contributed by atoms with van der Waals surface area (Å²) < 4.78 is 2.96. The van der Waals surface area contributed by atoms with E-state index in [2.05, 4.69) is 56.6 Å². The fourth-order valence-electron chi connectivity index (χ4n) is 2.10. The Morgan fingerprint density at radius 2 is 1.95 bits per heavy atom. The summed E-state index contributed by atoms with van der Waals surface area (Å²) in [5.41, 5.74) is 1.07. The van der Waals surface area contributed by atoms with Gasteiger partial charge in [0.15, 0.2) is 0 Å². The van der Waals surface area contributed by atoms with Gasteiger partial charge in [0.05, 0.1) is 12.7 Å². The Morgan fingerprint density at radius 3 is 2.70 bits per heavy atom. The molecule has 3 rings (SSSR count). The largest absolute Gasteiger partial charge is 0.378 e. The summed E-state index contributed by atoms with van der Waals surface area (Å²) in [4.78, 5) is 4.27. The Balaban J connectivity index is 1.81. The Bertz CT molecular complexity index is 767. The normalized spacial score (nSPS) is 10.9. The lowest BCUT2D eigenvalue weighted by Crippen LogP contribution is -2.05. The number of anilines is 1. The van der Waals surface area contributed by atoms with Crippen LogP contribution in [-0.2, 0) is 13.6 Å². The topological polar surface area (TPSA) is 29.9 Å². The van der Waals surface area contributed by atoms with Crippen molar-refractivity contribution in [3.63, 3.8) is 0 Å². The molecular weight excluding hydrogens is 338 g/mol. The predicted molar refractivity (Wildman–Crippen MR) is 87.2 cm³/mol. The first kappa shape index (κ1) is 13.5. The Kier molecular flexibility index (Phi) is 3.68. The zero-order valence-electron chi connectivity index (χ0n) is 10.9. The monoisotopic (exact) mass is 349 g/mol. The maximum atomic E-state index is 5.97. The summed E-state index contributed by atoms with van der Waals surface area (Å²) in [5.74, 6) is 0.908. The summed E-state index contributed by atoms with van der Waals surface area (Å²) in [5, 5.41) is 6.43. The number of hydrogen-bond donors (Lipinski definition) is 1. The van der Waals surface area contributed by atoms with Gasteiger partial charge >= 0.3 is 0 Å².